The molecule has 2 amide bonds. The number of sulfonamides is 1. The number of carbonyl (C=O) groups excluding carboxylic acids is 1. The third-order valence-electron chi connectivity index (χ3n) is 5.24. The monoisotopic (exact) mass is 419 g/mol. The van der Waals surface area contributed by atoms with Crippen LogP contribution in [0.2, 0.25) is 0 Å². The summed E-state index contributed by atoms with van der Waals surface area (Å²) in [6.45, 7) is 3.41. The lowest BCUT2D eigenvalue weighted by atomic mass is 9.97. The van der Waals surface area contributed by atoms with Crippen molar-refractivity contribution in [3.63, 3.8) is 0 Å². The number of carbonyl (C=O) groups is 1. The normalized spacial score (nSPS) is 16.4. The van der Waals surface area contributed by atoms with E-state index < -0.39 is 15.8 Å². The third-order valence-corrected chi connectivity index (χ3v) is 7.18. The van der Waals surface area contributed by atoms with Crippen LogP contribution in [0, 0.1) is 5.82 Å². The van der Waals surface area contributed by atoms with Gasteiger partial charge in [-0.05, 0) is 24.1 Å². The van der Waals surface area contributed by atoms with Crippen LogP contribution in [0.25, 0.3) is 0 Å². The van der Waals surface area contributed by atoms with Crippen molar-refractivity contribution in [2.24, 2.45) is 0 Å². The van der Waals surface area contributed by atoms with E-state index in [9.17, 15) is 17.6 Å². The number of hydrogen-bond donors (Lipinski definition) is 1. The van der Waals surface area contributed by atoms with Crippen LogP contribution in [0.1, 0.15) is 24.8 Å². The fraction of sp³-hybridized carbons (Fsp3) is 0.381. The van der Waals surface area contributed by atoms with E-state index in [1.807, 2.05) is 30.3 Å². The summed E-state index contributed by atoms with van der Waals surface area (Å²) in [6.07, 6.45) is 0.902. The summed E-state index contributed by atoms with van der Waals surface area (Å²) >= 11 is 0. The van der Waals surface area contributed by atoms with Crippen LogP contribution in [0.15, 0.2) is 59.5 Å². The van der Waals surface area contributed by atoms with E-state index in [1.54, 1.807) is 4.90 Å². The number of nitrogens with one attached hydrogen (secondary N) is 1. The molecular formula is C21H26FN3O3S. The molecule has 0 aliphatic carbocycles. The fourth-order valence-electron chi connectivity index (χ4n) is 3.47. The van der Waals surface area contributed by atoms with E-state index in [2.05, 4.69) is 12.2 Å². The Labute approximate surface area is 171 Å². The number of amides is 2. The van der Waals surface area contributed by atoms with E-state index in [4.69, 9.17) is 0 Å². The number of piperazine rings is 1. The molecule has 2 aromatic carbocycles. The number of nitrogens with zero attached hydrogens (tertiary/aromatic N) is 2. The zero-order valence-corrected chi connectivity index (χ0v) is 17.2. The summed E-state index contributed by atoms with van der Waals surface area (Å²) in [6, 6.07) is 15.2. The first-order valence-corrected chi connectivity index (χ1v) is 11.2. The highest BCUT2D eigenvalue weighted by molar-refractivity contribution is 7.89. The molecule has 1 unspecified atom stereocenters. The van der Waals surface area contributed by atoms with Gasteiger partial charge < -0.3 is 10.2 Å². The summed E-state index contributed by atoms with van der Waals surface area (Å²) < 4.78 is 40.5. The lowest BCUT2D eigenvalue weighted by Crippen LogP contribution is -2.53. The van der Waals surface area contributed by atoms with Crippen LogP contribution in [-0.2, 0) is 10.0 Å². The summed E-state index contributed by atoms with van der Waals surface area (Å²) in [4.78, 5) is 13.8. The molecule has 6 nitrogen and oxygen atoms in total. The lowest BCUT2D eigenvalue weighted by Gasteiger charge is -2.34. The predicted molar refractivity (Wildman–Crippen MR) is 110 cm³/mol. The van der Waals surface area contributed by atoms with Crippen LogP contribution in [0.5, 0.6) is 0 Å². The number of rotatable bonds is 6. The highest BCUT2D eigenvalue weighted by Crippen LogP contribution is 2.21. The average molecular weight is 420 g/mol. The Kier molecular flexibility index (Phi) is 6.87. The Morgan fingerprint density at radius 3 is 2.28 bits per heavy atom. The lowest BCUT2D eigenvalue weighted by molar-refractivity contribution is 0.171. The minimum Gasteiger partial charge on any atom is -0.337 e. The first kappa shape index (κ1) is 21.3. The fourth-order valence-corrected chi connectivity index (χ4v) is 4.96. The molecule has 0 radical (unpaired) electrons. The van der Waals surface area contributed by atoms with Gasteiger partial charge in [-0.2, -0.15) is 4.31 Å². The summed E-state index contributed by atoms with van der Waals surface area (Å²) in [5.41, 5.74) is 1.18. The topological polar surface area (TPSA) is 69.7 Å². The molecule has 0 spiro atoms. The molecule has 1 N–H and O–H groups in total. The van der Waals surface area contributed by atoms with Crippen molar-refractivity contribution in [3.8, 4) is 0 Å². The van der Waals surface area contributed by atoms with Gasteiger partial charge in [0.2, 0.25) is 10.0 Å². The molecule has 1 aliphatic rings. The molecule has 0 aromatic heterocycles. The van der Waals surface area contributed by atoms with Gasteiger partial charge in [0, 0.05) is 38.6 Å². The van der Waals surface area contributed by atoms with Crippen LogP contribution < -0.4 is 5.32 Å². The van der Waals surface area contributed by atoms with Crippen LogP contribution in [0.3, 0.4) is 0 Å². The van der Waals surface area contributed by atoms with Crippen molar-refractivity contribution in [1.29, 1.82) is 0 Å². The SMILES string of the molecule is CCC(CNC(=O)N1CCN(S(=O)(=O)c2ccccc2F)CC1)c1ccccc1. The Morgan fingerprint density at radius 2 is 1.66 bits per heavy atom. The van der Waals surface area contributed by atoms with E-state index in [0.29, 0.717) is 6.54 Å². The van der Waals surface area contributed by atoms with Crippen molar-refractivity contribution >= 4 is 16.1 Å². The van der Waals surface area contributed by atoms with Gasteiger partial charge in [0.05, 0.1) is 0 Å². The summed E-state index contributed by atoms with van der Waals surface area (Å²) in [5.74, 6) is -0.540. The molecule has 1 saturated heterocycles. The van der Waals surface area contributed by atoms with Gasteiger partial charge in [-0.15, -0.1) is 0 Å². The zero-order valence-electron chi connectivity index (χ0n) is 16.4. The molecule has 3 rings (SSSR count). The van der Waals surface area contributed by atoms with Crippen molar-refractivity contribution in [2.45, 2.75) is 24.2 Å². The molecule has 1 atom stereocenters. The smallest absolute Gasteiger partial charge is 0.317 e. The number of halogens is 1. The molecule has 0 saturated carbocycles. The summed E-state index contributed by atoms with van der Waals surface area (Å²) in [7, 11) is -3.91. The highest BCUT2D eigenvalue weighted by atomic mass is 32.2. The third kappa shape index (κ3) is 4.94. The molecule has 1 heterocycles. The number of benzene rings is 2. The molecule has 2 aromatic rings. The van der Waals surface area contributed by atoms with Gasteiger partial charge in [-0.3, -0.25) is 0 Å². The van der Waals surface area contributed by atoms with Crippen LogP contribution in [0.4, 0.5) is 9.18 Å². The van der Waals surface area contributed by atoms with E-state index in [1.165, 1.54) is 28.1 Å². The van der Waals surface area contributed by atoms with Gasteiger partial charge in [0.25, 0.3) is 0 Å². The Hall–Kier alpha value is -2.45. The molecule has 1 fully saturated rings. The van der Waals surface area contributed by atoms with E-state index >= 15 is 0 Å². The first-order chi connectivity index (χ1) is 13.9. The second-order valence-electron chi connectivity index (χ2n) is 7.02. The maximum absolute atomic E-state index is 13.9. The van der Waals surface area contributed by atoms with E-state index in [-0.39, 0.29) is 43.0 Å². The average Bonchev–Trinajstić information content (AvgIpc) is 2.75. The largest absolute Gasteiger partial charge is 0.337 e. The minimum atomic E-state index is -3.91. The maximum atomic E-state index is 13.9. The van der Waals surface area contributed by atoms with Gasteiger partial charge in [-0.25, -0.2) is 17.6 Å². The summed E-state index contributed by atoms with van der Waals surface area (Å²) in [5, 5.41) is 2.96. The maximum Gasteiger partial charge on any atom is 0.317 e. The molecule has 156 valence electrons. The standard InChI is InChI=1S/C21H26FN3O3S/c1-2-17(18-8-4-3-5-9-18)16-23-21(26)24-12-14-25(15-13-24)29(27,28)20-11-7-6-10-19(20)22/h3-11,17H,2,12-16H2,1H3,(H,23,26). The van der Waals surface area contributed by atoms with Crippen LogP contribution in [-0.4, -0.2) is 56.4 Å². The zero-order chi connectivity index (χ0) is 20.9. The molecule has 1 aliphatic heterocycles. The second kappa shape index (κ2) is 9.37. The van der Waals surface area contributed by atoms with Gasteiger partial charge in [0.15, 0.2) is 0 Å². The number of hydrogen-bond acceptors (Lipinski definition) is 3. The predicted octanol–water partition coefficient (Wildman–Crippen LogP) is 3.04. The van der Waals surface area contributed by atoms with Gasteiger partial charge in [-0.1, -0.05) is 49.4 Å². The molecule has 0 bridgehead atoms. The highest BCUT2D eigenvalue weighted by Gasteiger charge is 2.31. The molecule has 29 heavy (non-hydrogen) atoms. The molecular weight excluding hydrogens is 393 g/mol. The van der Waals surface area contributed by atoms with Crippen molar-refractivity contribution in [2.75, 3.05) is 32.7 Å². The second-order valence-corrected chi connectivity index (χ2v) is 8.93. The first-order valence-electron chi connectivity index (χ1n) is 9.76. The minimum absolute atomic E-state index is 0.139. The van der Waals surface area contributed by atoms with Crippen LogP contribution >= 0.6 is 0 Å². The number of urea groups is 1. The van der Waals surface area contributed by atoms with Gasteiger partial charge >= 0.3 is 6.03 Å². The molecule has 8 heteroatoms. The van der Waals surface area contributed by atoms with Crippen molar-refractivity contribution in [1.82, 2.24) is 14.5 Å². The Bertz CT molecular complexity index is 929. The van der Waals surface area contributed by atoms with Crippen molar-refractivity contribution in [3.05, 3.63) is 66.0 Å². The Morgan fingerprint density at radius 1 is 1.03 bits per heavy atom. The Balaban J connectivity index is 1.55. The quantitative estimate of drug-likeness (QED) is 0.783. The van der Waals surface area contributed by atoms with Crippen molar-refractivity contribution < 1.29 is 17.6 Å². The van der Waals surface area contributed by atoms with Gasteiger partial charge in [0.1, 0.15) is 10.7 Å². The van der Waals surface area contributed by atoms with E-state index in [0.717, 1.165) is 12.5 Å².